The van der Waals surface area contributed by atoms with Crippen molar-refractivity contribution < 1.29 is 4.79 Å². The fraction of sp³-hybridized carbons (Fsp3) is 0.174. The molecule has 4 aromatic rings. The first-order valence-electron chi connectivity index (χ1n) is 9.11. The van der Waals surface area contributed by atoms with E-state index in [4.69, 9.17) is 0 Å². The molecule has 136 valence electrons. The van der Waals surface area contributed by atoms with Crippen LogP contribution in [0.5, 0.6) is 0 Å². The highest BCUT2D eigenvalue weighted by atomic mass is 16.2. The van der Waals surface area contributed by atoms with Crippen molar-refractivity contribution in [2.45, 2.75) is 6.54 Å². The number of hydrogen-bond acceptors (Lipinski definition) is 2. The van der Waals surface area contributed by atoms with Crippen LogP contribution in [0.25, 0.3) is 21.8 Å². The number of para-hydroxylation sites is 1. The molecule has 0 saturated heterocycles. The molecule has 27 heavy (non-hydrogen) atoms. The summed E-state index contributed by atoms with van der Waals surface area (Å²) >= 11 is 0. The summed E-state index contributed by atoms with van der Waals surface area (Å²) in [7, 11) is 3.78. The number of hydrogen-bond donors (Lipinski definition) is 1. The number of benzene rings is 3. The molecule has 1 aromatic heterocycles. The van der Waals surface area contributed by atoms with Crippen molar-refractivity contribution in [2.75, 3.05) is 26.0 Å². The van der Waals surface area contributed by atoms with Gasteiger partial charge in [-0.3, -0.25) is 4.79 Å². The van der Waals surface area contributed by atoms with E-state index >= 15 is 0 Å². The van der Waals surface area contributed by atoms with Crippen molar-refractivity contribution in [3.8, 4) is 0 Å². The summed E-state index contributed by atoms with van der Waals surface area (Å²) in [4.78, 5) is 14.0. The minimum Gasteiger partial charge on any atom is -0.336 e. The molecule has 1 N–H and O–H groups in total. The predicted octanol–water partition coefficient (Wildman–Crippen LogP) is 4.34. The molecular weight excluding hydrogens is 334 g/mol. The SMILES string of the molecule is CN(C)CC(=O)Nc1ccc2c(c1)c1ccccc1n2Cc1ccccc1. The number of likely N-dealkylation sites (N-methyl/N-ethyl adjacent to an activating group) is 1. The average Bonchev–Trinajstić information content (AvgIpc) is 2.96. The first-order chi connectivity index (χ1) is 13.1. The van der Waals surface area contributed by atoms with E-state index in [2.05, 4.69) is 70.5 Å². The zero-order valence-corrected chi connectivity index (χ0v) is 15.6. The third-order valence-corrected chi connectivity index (χ3v) is 4.70. The highest BCUT2D eigenvalue weighted by molar-refractivity contribution is 6.10. The van der Waals surface area contributed by atoms with Crippen LogP contribution in [0.3, 0.4) is 0 Å². The maximum atomic E-state index is 12.1. The highest BCUT2D eigenvalue weighted by Gasteiger charge is 2.12. The van der Waals surface area contributed by atoms with Crippen LogP contribution in [0.4, 0.5) is 5.69 Å². The molecule has 0 unspecified atom stereocenters. The minimum atomic E-state index is -0.00706. The van der Waals surface area contributed by atoms with E-state index in [1.165, 1.54) is 22.0 Å². The molecule has 4 rings (SSSR count). The van der Waals surface area contributed by atoms with Gasteiger partial charge in [-0.15, -0.1) is 0 Å². The third kappa shape index (κ3) is 3.57. The van der Waals surface area contributed by atoms with Gasteiger partial charge in [-0.25, -0.2) is 0 Å². The van der Waals surface area contributed by atoms with Gasteiger partial charge in [0.15, 0.2) is 0 Å². The molecule has 0 atom stereocenters. The van der Waals surface area contributed by atoms with E-state index in [-0.39, 0.29) is 5.91 Å². The second kappa shape index (κ2) is 7.25. The maximum Gasteiger partial charge on any atom is 0.238 e. The Labute approximate surface area is 159 Å². The lowest BCUT2D eigenvalue weighted by atomic mass is 10.1. The van der Waals surface area contributed by atoms with Crippen LogP contribution in [-0.4, -0.2) is 36.0 Å². The first kappa shape index (κ1) is 17.3. The van der Waals surface area contributed by atoms with Crippen LogP contribution in [0.2, 0.25) is 0 Å². The summed E-state index contributed by atoms with van der Waals surface area (Å²) in [5.74, 6) is -0.00706. The Morgan fingerprint density at radius 1 is 0.889 bits per heavy atom. The molecule has 3 aromatic carbocycles. The van der Waals surface area contributed by atoms with Crippen molar-refractivity contribution in [2.24, 2.45) is 0 Å². The largest absolute Gasteiger partial charge is 0.336 e. The fourth-order valence-electron chi connectivity index (χ4n) is 3.56. The van der Waals surface area contributed by atoms with Gasteiger partial charge in [-0.1, -0.05) is 48.5 Å². The zero-order valence-electron chi connectivity index (χ0n) is 15.6. The number of fused-ring (bicyclic) bond motifs is 3. The Morgan fingerprint density at radius 3 is 2.37 bits per heavy atom. The maximum absolute atomic E-state index is 12.1. The third-order valence-electron chi connectivity index (χ3n) is 4.70. The molecule has 1 amide bonds. The number of carbonyl (C=O) groups is 1. The standard InChI is InChI=1S/C23H23N3O/c1-25(2)16-23(27)24-18-12-13-22-20(14-18)19-10-6-7-11-21(19)26(22)15-17-8-4-3-5-9-17/h3-14H,15-16H2,1-2H3,(H,24,27). The van der Waals surface area contributed by atoms with Gasteiger partial charge in [-0.2, -0.15) is 0 Å². The molecule has 0 saturated carbocycles. The van der Waals surface area contributed by atoms with Crippen LogP contribution in [-0.2, 0) is 11.3 Å². The van der Waals surface area contributed by atoms with Crippen LogP contribution < -0.4 is 5.32 Å². The van der Waals surface area contributed by atoms with E-state index in [1.54, 1.807) is 0 Å². The van der Waals surface area contributed by atoms with Crippen LogP contribution >= 0.6 is 0 Å². The Bertz CT molecular complexity index is 1100. The zero-order chi connectivity index (χ0) is 18.8. The molecule has 0 fully saturated rings. The highest BCUT2D eigenvalue weighted by Crippen LogP contribution is 2.31. The Hall–Kier alpha value is -3.11. The second-order valence-corrected chi connectivity index (χ2v) is 7.11. The molecule has 4 nitrogen and oxygen atoms in total. The first-order valence-corrected chi connectivity index (χ1v) is 9.11. The molecule has 0 aliphatic carbocycles. The van der Waals surface area contributed by atoms with Gasteiger partial charge in [0.05, 0.1) is 6.54 Å². The van der Waals surface area contributed by atoms with E-state index in [9.17, 15) is 4.79 Å². The number of anilines is 1. The number of nitrogens with one attached hydrogen (secondary N) is 1. The van der Waals surface area contributed by atoms with Crippen molar-refractivity contribution in [3.63, 3.8) is 0 Å². The van der Waals surface area contributed by atoms with Gasteiger partial charge in [0.2, 0.25) is 5.91 Å². The predicted molar refractivity (Wildman–Crippen MR) is 112 cm³/mol. The quantitative estimate of drug-likeness (QED) is 0.577. The van der Waals surface area contributed by atoms with Crippen molar-refractivity contribution >= 4 is 33.4 Å². The molecule has 0 aliphatic heterocycles. The van der Waals surface area contributed by atoms with Crippen molar-refractivity contribution in [1.29, 1.82) is 0 Å². The monoisotopic (exact) mass is 357 g/mol. The molecule has 0 radical (unpaired) electrons. The minimum absolute atomic E-state index is 0.00706. The molecule has 4 heteroatoms. The summed E-state index contributed by atoms with van der Waals surface area (Å²) in [5, 5.41) is 5.36. The van der Waals surface area contributed by atoms with E-state index in [1.807, 2.05) is 31.1 Å². The number of nitrogens with zero attached hydrogens (tertiary/aromatic N) is 2. The fourth-order valence-corrected chi connectivity index (χ4v) is 3.56. The second-order valence-electron chi connectivity index (χ2n) is 7.11. The summed E-state index contributed by atoms with van der Waals surface area (Å²) in [5.41, 5.74) is 4.47. The molecule has 0 spiro atoms. The number of amides is 1. The van der Waals surface area contributed by atoms with Crippen LogP contribution in [0.1, 0.15) is 5.56 Å². The lowest BCUT2D eigenvalue weighted by Crippen LogP contribution is -2.27. The Kier molecular flexibility index (Phi) is 4.65. The number of carbonyl (C=O) groups excluding carboxylic acids is 1. The Balaban J connectivity index is 1.78. The van der Waals surface area contributed by atoms with Crippen LogP contribution in [0, 0.1) is 0 Å². The van der Waals surface area contributed by atoms with Crippen LogP contribution in [0.15, 0.2) is 72.8 Å². The van der Waals surface area contributed by atoms with E-state index < -0.39 is 0 Å². The summed E-state index contributed by atoms with van der Waals surface area (Å²) in [6.45, 7) is 1.19. The van der Waals surface area contributed by atoms with Gasteiger partial charge in [0.25, 0.3) is 0 Å². The van der Waals surface area contributed by atoms with E-state index in [0.717, 1.165) is 17.6 Å². The normalized spacial score (nSPS) is 11.4. The molecule has 0 bridgehead atoms. The smallest absolute Gasteiger partial charge is 0.238 e. The van der Waals surface area contributed by atoms with Gasteiger partial charge >= 0.3 is 0 Å². The summed E-state index contributed by atoms with van der Waals surface area (Å²) < 4.78 is 2.34. The summed E-state index contributed by atoms with van der Waals surface area (Å²) in [6.07, 6.45) is 0. The van der Waals surface area contributed by atoms with Gasteiger partial charge in [-0.05, 0) is 43.9 Å². The molecular formula is C23H23N3O. The van der Waals surface area contributed by atoms with E-state index in [0.29, 0.717) is 6.54 Å². The lowest BCUT2D eigenvalue weighted by molar-refractivity contribution is -0.116. The Morgan fingerprint density at radius 2 is 1.59 bits per heavy atom. The van der Waals surface area contributed by atoms with Crippen molar-refractivity contribution in [3.05, 3.63) is 78.4 Å². The topological polar surface area (TPSA) is 37.3 Å². The van der Waals surface area contributed by atoms with Gasteiger partial charge in [0, 0.05) is 34.0 Å². The molecule has 0 aliphatic rings. The molecule has 1 heterocycles. The van der Waals surface area contributed by atoms with Gasteiger partial charge in [0.1, 0.15) is 0 Å². The average molecular weight is 357 g/mol. The van der Waals surface area contributed by atoms with Gasteiger partial charge < -0.3 is 14.8 Å². The van der Waals surface area contributed by atoms with Crippen molar-refractivity contribution in [1.82, 2.24) is 9.47 Å². The number of aromatic nitrogens is 1. The number of rotatable bonds is 5. The summed E-state index contributed by atoms with van der Waals surface area (Å²) in [6, 6.07) is 25.1. The lowest BCUT2D eigenvalue weighted by Gasteiger charge is -2.11.